The minimum Gasteiger partial charge on any atom is -0.310 e. The molecule has 1 heterocycles. The lowest BCUT2D eigenvalue weighted by molar-refractivity contribution is -0.927. The summed E-state index contributed by atoms with van der Waals surface area (Å²) < 4.78 is 1.34. The van der Waals surface area contributed by atoms with E-state index in [1.807, 2.05) is 0 Å². The van der Waals surface area contributed by atoms with Gasteiger partial charge < -0.3 is 4.48 Å². The highest BCUT2D eigenvalue weighted by atomic mass is 15.5. The molecule has 1 atom stereocenters. The highest BCUT2D eigenvalue weighted by molar-refractivity contribution is 4.69. The highest BCUT2D eigenvalue weighted by Crippen LogP contribution is 2.28. The molecule has 1 saturated carbocycles. The molecule has 1 aliphatic carbocycles. The summed E-state index contributed by atoms with van der Waals surface area (Å²) in [5.41, 5.74) is 0. The fourth-order valence-corrected chi connectivity index (χ4v) is 3.58. The first-order valence-corrected chi connectivity index (χ1v) is 7.31. The molecule has 2 fully saturated rings. The Bertz CT molecular complexity index is 209. The largest absolute Gasteiger partial charge is 0.310 e. The standard InChI is InChI=1S/C14H29N2/c1-3-15-11-12-16(2,13-15)14-9-7-5-4-6-8-10-14/h14H,3-13H2,1-2H3/q+1. The van der Waals surface area contributed by atoms with Gasteiger partial charge in [-0.2, -0.15) is 0 Å². The third-order valence-electron chi connectivity index (χ3n) is 4.85. The lowest BCUT2D eigenvalue weighted by Crippen LogP contribution is -2.51. The van der Waals surface area contributed by atoms with Gasteiger partial charge in [0.15, 0.2) is 0 Å². The molecule has 2 rings (SSSR count). The molecule has 2 heteroatoms. The first-order valence-electron chi connectivity index (χ1n) is 7.31. The summed E-state index contributed by atoms with van der Waals surface area (Å²) >= 11 is 0. The zero-order valence-corrected chi connectivity index (χ0v) is 11.2. The number of quaternary nitrogens is 1. The molecule has 2 nitrogen and oxygen atoms in total. The first kappa shape index (κ1) is 12.4. The van der Waals surface area contributed by atoms with Crippen molar-refractivity contribution in [2.45, 2.75) is 57.9 Å². The van der Waals surface area contributed by atoms with Crippen molar-refractivity contribution in [3.8, 4) is 0 Å². The van der Waals surface area contributed by atoms with Gasteiger partial charge in [-0.1, -0.05) is 26.2 Å². The Labute approximate surface area is 101 Å². The van der Waals surface area contributed by atoms with Crippen LogP contribution in [-0.2, 0) is 0 Å². The lowest BCUT2D eigenvalue weighted by Gasteiger charge is -2.39. The van der Waals surface area contributed by atoms with E-state index in [9.17, 15) is 0 Å². The maximum Gasteiger partial charge on any atom is 0.135 e. The molecule has 0 aromatic carbocycles. The van der Waals surface area contributed by atoms with Crippen molar-refractivity contribution in [1.82, 2.24) is 4.90 Å². The van der Waals surface area contributed by atoms with E-state index in [4.69, 9.17) is 0 Å². The van der Waals surface area contributed by atoms with Crippen LogP contribution in [0.5, 0.6) is 0 Å². The molecule has 0 bridgehead atoms. The zero-order valence-electron chi connectivity index (χ0n) is 11.2. The van der Waals surface area contributed by atoms with E-state index in [2.05, 4.69) is 18.9 Å². The third-order valence-corrected chi connectivity index (χ3v) is 4.85. The molecule has 0 spiro atoms. The molecule has 0 amide bonds. The molecule has 0 N–H and O–H groups in total. The molecule has 1 saturated heterocycles. The smallest absolute Gasteiger partial charge is 0.135 e. The fourth-order valence-electron chi connectivity index (χ4n) is 3.58. The Morgan fingerprint density at radius 2 is 1.69 bits per heavy atom. The molecule has 94 valence electrons. The van der Waals surface area contributed by atoms with Crippen LogP contribution >= 0.6 is 0 Å². The second-order valence-electron chi connectivity index (χ2n) is 6.05. The summed E-state index contributed by atoms with van der Waals surface area (Å²) in [6.07, 6.45) is 10.4. The molecule has 0 aromatic heterocycles. The maximum atomic E-state index is 2.62. The molecule has 2 aliphatic rings. The SMILES string of the molecule is CCN1CC[N+](C)(C2CCCCCCC2)C1. The summed E-state index contributed by atoms with van der Waals surface area (Å²) in [6, 6.07) is 0.955. The normalized spacial score (nSPS) is 34.9. The number of nitrogens with zero attached hydrogens (tertiary/aromatic N) is 2. The van der Waals surface area contributed by atoms with Gasteiger partial charge in [-0.25, -0.2) is 0 Å². The average molecular weight is 225 g/mol. The number of likely N-dealkylation sites (N-methyl/N-ethyl adjacent to an activating group) is 2. The second kappa shape index (κ2) is 5.50. The Balaban J connectivity index is 1.93. The van der Waals surface area contributed by atoms with Crippen molar-refractivity contribution in [2.75, 3.05) is 33.4 Å². The van der Waals surface area contributed by atoms with E-state index >= 15 is 0 Å². The summed E-state index contributed by atoms with van der Waals surface area (Å²) in [7, 11) is 2.50. The molecule has 0 radical (unpaired) electrons. The predicted molar refractivity (Wildman–Crippen MR) is 69.3 cm³/mol. The van der Waals surface area contributed by atoms with Crippen LogP contribution in [0, 0.1) is 0 Å². The molecule has 1 unspecified atom stereocenters. The van der Waals surface area contributed by atoms with E-state index in [0.717, 1.165) is 6.04 Å². The Morgan fingerprint density at radius 3 is 2.25 bits per heavy atom. The number of rotatable bonds is 2. The van der Waals surface area contributed by atoms with Gasteiger partial charge in [0.1, 0.15) is 6.67 Å². The van der Waals surface area contributed by atoms with Crippen LogP contribution in [-0.4, -0.2) is 48.8 Å². The van der Waals surface area contributed by atoms with Crippen LogP contribution in [0.3, 0.4) is 0 Å². The van der Waals surface area contributed by atoms with Crippen LogP contribution in [0.15, 0.2) is 0 Å². The molecular formula is C14H29N2+. The van der Waals surface area contributed by atoms with E-state index < -0.39 is 0 Å². The van der Waals surface area contributed by atoms with Gasteiger partial charge in [-0.3, -0.25) is 4.90 Å². The maximum absolute atomic E-state index is 2.62. The van der Waals surface area contributed by atoms with Crippen LogP contribution in [0.1, 0.15) is 51.9 Å². The van der Waals surface area contributed by atoms with Crippen molar-refractivity contribution in [3.63, 3.8) is 0 Å². The van der Waals surface area contributed by atoms with Gasteiger partial charge in [0.25, 0.3) is 0 Å². The van der Waals surface area contributed by atoms with Crippen molar-refractivity contribution in [2.24, 2.45) is 0 Å². The quantitative estimate of drug-likeness (QED) is 0.653. The lowest BCUT2D eigenvalue weighted by atomic mass is 9.94. The van der Waals surface area contributed by atoms with Gasteiger partial charge in [0.2, 0.25) is 0 Å². The van der Waals surface area contributed by atoms with Crippen molar-refractivity contribution in [1.29, 1.82) is 0 Å². The van der Waals surface area contributed by atoms with E-state index in [1.165, 1.54) is 75.7 Å². The monoisotopic (exact) mass is 225 g/mol. The summed E-state index contributed by atoms with van der Waals surface area (Å²) in [5.74, 6) is 0. The minimum absolute atomic E-state index is 0.955. The molecule has 16 heavy (non-hydrogen) atoms. The minimum atomic E-state index is 0.955. The Kier molecular flexibility index (Phi) is 4.26. The summed E-state index contributed by atoms with van der Waals surface area (Å²) in [6.45, 7) is 7.55. The van der Waals surface area contributed by atoms with Gasteiger partial charge in [-0.15, -0.1) is 0 Å². The second-order valence-corrected chi connectivity index (χ2v) is 6.05. The molecular weight excluding hydrogens is 196 g/mol. The van der Waals surface area contributed by atoms with Crippen LogP contribution in [0.25, 0.3) is 0 Å². The fraction of sp³-hybridized carbons (Fsp3) is 1.00. The van der Waals surface area contributed by atoms with Crippen LogP contribution in [0.2, 0.25) is 0 Å². The number of hydrogen-bond donors (Lipinski definition) is 0. The highest BCUT2D eigenvalue weighted by Gasteiger charge is 2.38. The van der Waals surface area contributed by atoms with Gasteiger partial charge in [-0.05, 0) is 25.7 Å². The Hall–Kier alpha value is -0.0800. The van der Waals surface area contributed by atoms with Crippen molar-refractivity contribution < 1.29 is 4.48 Å². The molecule has 1 aliphatic heterocycles. The van der Waals surface area contributed by atoms with Crippen LogP contribution in [0.4, 0.5) is 0 Å². The van der Waals surface area contributed by atoms with Gasteiger partial charge in [0.05, 0.1) is 26.2 Å². The van der Waals surface area contributed by atoms with Gasteiger partial charge in [0, 0.05) is 6.54 Å². The third kappa shape index (κ3) is 2.78. The first-order chi connectivity index (χ1) is 7.74. The Morgan fingerprint density at radius 1 is 1.06 bits per heavy atom. The van der Waals surface area contributed by atoms with Gasteiger partial charge >= 0.3 is 0 Å². The van der Waals surface area contributed by atoms with Crippen molar-refractivity contribution in [3.05, 3.63) is 0 Å². The predicted octanol–water partition coefficient (Wildman–Crippen LogP) is 2.84. The summed E-state index contributed by atoms with van der Waals surface area (Å²) in [5, 5.41) is 0. The van der Waals surface area contributed by atoms with E-state index in [1.54, 1.807) is 0 Å². The average Bonchev–Trinajstić information content (AvgIpc) is 2.60. The summed E-state index contributed by atoms with van der Waals surface area (Å²) in [4.78, 5) is 2.62. The van der Waals surface area contributed by atoms with Crippen molar-refractivity contribution >= 4 is 0 Å². The zero-order chi connectivity index (χ0) is 11.4. The van der Waals surface area contributed by atoms with E-state index in [0.29, 0.717) is 0 Å². The van der Waals surface area contributed by atoms with E-state index in [-0.39, 0.29) is 0 Å². The molecule has 0 aromatic rings. The van der Waals surface area contributed by atoms with Crippen LogP contribution < -0.4 is 0 Å². The number of hydrogen-bond acceptors (Lipinski definition) is 1. The topological polar surface area (TPSA) is 3.24 Å².